The molecular weight excluding hydrogens is 320 g/mol. The van der Waals surface area contributed by atoms with Crippen LogP contribution in [-0.4, -0.2) is 38.0 Å². The van der Waals surface area contributed by atoms with Crippen molar-refractivity contribution in [3.63, 3.8) is 0 Å². The Hall–Kier alpha value is -2.83. The van der Waals surface area contributed by atoms with Gasteiger partial charge < -0.3 is 20.3 Å². The van der Waals surface area contributed by atoms with Crippen molar-refractivity contribution in [2.24, 2.45) is 0 Å². The number of anilines is 1. The number of nitrogens with one attached hydrogen (secondary N) is 2. The molecule has 0 saturated carbocycles. The molecule has 7 nitrogen and oxygen atoms in total. The molecule has 1 aliphatic rings. The average molecular weight is 342 g/mol. The number of aromatic amines is 1. The Morgan fingerprint density at radius 3 is 2.56 bits per heavy atom. The number of aliphatic carboxylic acids is 1. The zero-order valence-electron chi connectivity index (χ0n) is 14.5. The van der Waals surface area contributed by atoms with Gasteiger partial charge in [-0.25, -0.2) is 14.6 Å². The van der Waals surface area contributed by atoms with E-state index in [0.29, 0.717) is 11.4 Å². The fourth-order valence-electron chi connectivity index (χ4n) is 2.92. The molecule has 1 aromatic heterocycles. The molecule has 0 fully saturated rings. The van der Waals surface area contributed by atoms with Gasteiger partial charge in [0, 0.05) is 12.1 Å². The fourth-order valence-corrected chi connectivity index (χ4v) is 2.92. The third kappa shape index (κ3) is 3.50. The average Bonchev–Trinajstić information content (AvgIpc) is 3.00. The van der Waals surface area contributed by atoms with Crippen LogP contribution in [0.15, 0.2) is 30.6 Å². The van der Waals surface area contributed by atoms with Crippen LogP contribution in [0.3, 0.4) is 0 Å². The molecule has 0 bridgehead atoms. The highest BCUT2D eigenvalue weighted by atomic mass is 16.4. The second kappa shape index (κ2) is 6.23. The van der Waals surface area contributed by atoms with E-state index in [0.717, 1.165) is 11.3 Å². The second-order valence-corrected chi connectivity index (χ2v) is 7.27. The number of carboxylic acid groups (broad SMARTS) is 1. The maximum Gasteiger partial charge on any atom is 0.326 e. The predicted molar refractivity (Wildman–Crippen MR) is 93.4 cm³/mol. The molecule has 2 aromatic rings. The number of urea groups is 1. The first-order valence-electron chi connectivity index (χ1n) is 8.18. The third-order valence-corrected chi connectivity index (χ3v) is 4.45. The van der Waals surface area contributed by atoms with Crippen molar-refractivity contribution in [1.82, 2.24) is 14.9 Å². The first-order valence-corrected chi connectivity index (χ1v) is 8.18. The molecule has 0 spiro atoms. The number of carbonyl (C=O) groups excluding carboxylic acids is 1. The molecule has 1 atom stereocenters. The molecule has 25 heavy (non-hydrogen) atoms. The summed E-state index contributed by atoms with van der Waals surface area (Å²) in [5.41, 5.74) is 3.30. The second-order valence-electron chi connectivity index (χ2n) is 7.27. The number of aromatic nitrogens is 2. The van der Waals surface area contributed by atoms with Gasteiger partial charge in [0.2, 0.25) is 0 Å². The van der Waals surface area contributed by atoms with Gasteiger partial charge >= 0.3 is 12.0 Å². The highest BCUT2D eigenvalue weighted by Crippen LogP contribution is 2.25. The van der Waals surface area contributed by atoms with Crippen LogP contribution in [0, 0.1) is 0 Å². The molecule has 2 heterocycles. The standard InChI is InChI=1S/C18H22N4O3/c1-18(2,3)11-4-6-12(7-5-11)21-17(25)22-9-14-13(19-10-20-14)8-15(22)16(23)24/h4-7,10,15H,8-9H2,1-3H3,(H,19,20)(H,21,25)(H,23,24). The van der Waals surface area contributed by atoms with Crippen LogP contribution in [0.1, 0.15) is 37.7 Å². The van der Waals surface area contributed by atoms with Gasteiger partial charge in [-0.05, 0) is 23.1 Å². The lowest BCUT2D eigenvalue weighted by atomic mass is 9.87. The van der Waals surface area contributed by atoms with Gasteiger partial charge in [-0.3, -0.25) is 0 Å². The van der Waals surface area contributed by atoms with E-state index in [9.17, 15) is 14.7 Å². The van der Waals surface area contributed by atoms with Crippen LogP contribution < -0.4 is 5.32 Å². The molecule has 1 aromatic carbocycles. The van der Waals surface area contributed by atoms with E-state index in [1.807, 2.05) is 24.3 Å². The zero-order valence-corrected chi connectivity index (χ0v) is 14.5. The van der Waals surface area contributed by atoms with Crippen LogP contribution in [-0.2, 0) is 23.2 Å². The van der Waals surface area contributed by atoms with Crippen molar-refractivity contribution in [3.05, 3.63) is 47.5 Å². The number of imidazole rings is 1. The van der Waals surface area contributed by atoms with E-state index in [1.54, 1.807) is 0 Å². The van der Waals surface area contributed by atoms with E-state index in [4.69, 9.17) is 0 Å². The number of H-pyrrole nitrogens is 1. The Kier molecular flexibility index (Phi) is 4.24. The Bertz CT molecular complexity index is 789. The van der Waals surface area contributed by atoms with Crippen LogP contribution in [0.5, 0.6) is 0 Å². The van der Waals surface area contributed by atoms with Crippen molar-refractivity contribution in [2.45, 2.75) is 45.2 Å². The van der Waals surface area contributed by atoms with Crippen LogP contribution >= 0.6 is 0 Å². The molecule has 1 aliphatic heterocycles. The minimum Gasteiger partial charge on any atom is -0.480 e. The molecule has 132 valence electrons. The topological polar surface area (TPSA) is 98.3 Å². The van der Waals surface area contributed by atoms with Crippen LogP contribution in [0.25, 0.3) is 0 Å². The fraction of sp³-hybridized carbons (Fsp3) is 0.389. The van der Waals surface area contributed by atoms with Gasteiger partial charge in [0.15, 0.2) is 0 Å². The minimum absolute atomic E-state index is 0.0286. The summed E-state index contributed by atoms with van der Waals surface area (Å²) in [6.45, 7) is 6.55. The Balaban J connectivity index is 1.76. The number of hydrogen-bond acceptors (Lipinski definition) is 3. The van der Waals surface area contributed by atoms with E-state index in [2.05, 4.69) is 36.1 Å². The summed E-state index contributed by atoms with van der Waals surface area (Å²) in [6, 6.07) is 6.24. The number of amides is 2. The Labute approximate surface area is 146 Å². The Morgan fingerprint density at radius 1 is 1.28 bits per heavy atom. The zero-order chi connectivity index (χ0) is 18.2. The first-order chi connectivity index (χ1) is 11.8. The van der Waals surface area contributed by atoms with Crippen LogP contribution in [0.4, 0.5) is 10.5 Å². The number of carboxylic acids is 1. The number of benzene rings is 1. The summed E-state index contributed by atoms with van der Waals surface area (Å²) in [4.78, 5) is 32.6. The van der Waals surface area contributed by atoms with Gasteiger partial charge in [-0.15, -0.1) is 0 Å². The van der Waals surface area contributed by atoms with Gasteiger partial charge in [-0.2, -0.15) is 0 Å². The summed E-state index contributed by atoms with van der Waals surface area (Å²) in [5, 5.41) is 12.2. The smallest absolute Gasteiger partial charge is 0.326 e. The lowest BCUT2D eigenvalue weighted by molar-refractivity contribution is -0.142. The summed E-state index contributed by atoms with van der Waals surface area (Å²) in [6.07, 6.45) is 1.72. The van der Waals surface area contributed by atoms with E-state index in [1.165, 1.54) is 11.2 Å². The highest BCUT2D eigenvalue weighted by molar-refractivity contribution is 5.92. The third-order valence-electron chi connectivity index (χ3n) is 4.45. The first kappa shape index (κ1) is 17.0. The molecule has 2 amide bonds. The van der Waals surface area contributed by atoms with E-state index in [-0.39, 0.29) is 18.4 Å². The van der Waals surface area contributed by atoms with E-state index < -0.39 is 18.0 Å². The lowest BCUT2D eigenvalue weighted by Crippen LogP contribution is -2.50. The molecule has 1 unspecified atom stereocenters. The number of carbonyl (C=O) groups is 2. The van der Waals surface area contributed by atoms with Crippen molar-refractivity contribution < 1.29 is 14.7 Å². The summed E-state index contributed by atoms with van der Waals surface area (Å²) in [5.74, 6) is -1.04. The Morgan fingerprint density at radius 2 is 1.96 bits per heavy atom. The number of fused-ring (bicyclic) bond motifs is 1. The number of hydrogen-bond donors (Lipinski definition) is 3. The number of nitrogens with zero attached hydrogens (tertiary/aromatic N) is 2. The minimum atomic E-state index is -1.04. The largest absolute Gasteiger partial charge is 0.480 e. The van der Waals surface area contributed by atoms with Crippen molar-refractivity contribution in [2.75, 3.05) is 5.32 Å². The van der Waals surface area contributed by atoms with Gasteiger partial charge in [0.05, 0.1) is 24.3 Å². The monoisotopic (exact) mass is 342 g/mol. The quantitative estimate of drug-likeness (QED) is 0.781. The number of rotatable bonds is 2. The van der Waals surface area contributed by atoms with Gasteiger partial charge in [-0.1, -0.05) is 32.9 Å². The predicted octanol–water partition coefficient (Wildman–Crippen LogP) is 2.75. The molecule has 3 rings (SSSR count). The molecule has 0 radical (unpaired) electrons. The molecular formula is C18H22N4O3. The summed E-state index contributed by atoms with van der Waals surface area (Å²) < 4.78 is 0. The lowest BCUT2D eigenvalue weighted by Gasteiger charge is -2.32. The van der Waals surface area contributed by atoms with Gasteiger partial charge in [0.25, 0.3) is 0 Å². The highest BCUT2D eigenvalue weighted by Gasteiger charge is 2.36. The molecule has 0 saturated heterocycles. The maximum atomic E-state index is 12.6. The molecule has 3 N–H and O–H groups in total. The SMILES string of the molecule is CC(C)(C)c1ccc(NC(=O)N2Cc3[nH]cnc3CC2C(=O)O)cc1. The molecule has 0 aliphatic carbocycles. The summed E-state index contributed by atoms with van der Waals surface area (Å²) in [7, 11) is 0. The normalized spacial score (nSPS) is 17.1. The maximum absolute atomic E-state index is 12.6. The molecule has 7 heteroatoms. The van der Waals surface area contributed by atoms with Gasteiger partial charge in [0.1, 0.15) is 6.04 Å². The van der Waals surface area contributed by atoms with E-state index >= 15 is 0 Å². The summed E-state index contributed by atoms with van der Waals surface area (Å²) >= 11 is 0. The van der Waals surface area contributed by atoms with Crippen molar-refractivity contribution in [3.8, 4) is 0 Å². The van der Waals surface area contributed by atoms with Crippen molar-refractivity contribution >= 4 is 17.7 Å². The van der Waals surface area contributed by atoms with Crippen molar-refractivity contribution in [1.29, 1.82) is 0 Å². The van der Waals surface area contributed by atoms with Crippen LogP contribution in [0.2, 0.25) is 0 Å².